The van der Waals surface area contributed by atoms with Crippen molar-refractivity contribution in [1.82, 2.24) is 14.3 Å². The summed E-state index contributed by atoms with van der Waals surface area (Å²) in [6.07, 6.45) is 7.82. The Morgan fingerprint density at radius 1 is 1.14 bits per heavy atom. The van der Waals surface area contributed by atoms with Crippen molar-refractivity contribution >= 4 is 26.5 Å². The van der Waals surface area contributed by atoms with Gasteiger partial charge in [0.15, 0.2) is 0 Å². The summed E-state index contributed by atoms with van der Waals surface area (Å²) in [5.74, 6) is -0.463. The molecule has 1 saturated heterocycles. The SMILES string of the molecule is Cc1cc(-c2cc(NC3CCN(S(C)(=O)=O)CC3)c3cnccc3c2)cnc1F. The van der Waals surface area contributed by atoms with E-state index in [0.29, 0.717) is 18.7 Å². The second-order valence-corrected chi connectivity index (χ2v) is 9.52. The van der Waals surface area contributed by atoms with Crippen LogP contribution < -0.4 is 5.32 Å². The van der Waals surface area contributed by atoms with Crippen LogP contribution in [-0.4, -0.2) is 48.1 Å². The van der Waals surface area contributed by atoms with Crippen LogP contribution in [0.1, 0.15) is 18.4 Å². The first-order chi connectivity index (χ1) is 13.8. The van der Waals surface area contributed by atoms with E-state index in [0.717, 1.165) is 40.4 Å². The Bertz CT molecular complexity index is 1160. The Hall–Kier alpha value is -2.58. The highest BCUT2D eigenvalue weighted by Gasteiger charge is 2.25. The topological polar surface area (TPSA) is 75.2 Å². The molecular formula is C21H23FN4O2S. The first-order valence-electron chi connectivity index (χ1n) is 9.53. The number of piperidine rings is 1. The Labute approximate surface area is 169 Å². The Morgan fingerprint density at radius 3 is 2.59 bits per heavy atom. The fourth-order valence-electron chi connectivity index (χ4n) is 3.75. The van der Waals surface area contributed by atoms with Gasteiger partial charge in [-0.2, -0.15) is 4.39 Å². The maximum atomic E-state index is 13.6. The van der Waals surface area contributed by atoms with Gasteiger partial charge in [-0.15, -0.1) is 0 Å². The van der Waals surface area contributed by atoms with Crippen molar-refractivity contribution in [2.75, 3.05) is 24.7 Å². The molecular weight excluding hydrogens is 391 g/mol. The van der Waals surface area contributed by atoms with Crippen LogP contribution in [0.25, 0.3) is 21.9 Å². The maximum absolute atomic E-state index is 13.6. The van der Waals surface area contributed by atoms with Gasteiger partial charge in [0.25, 0.3) is 0 Å². The fraction of sp³-hybridized carbons (Fsp3) is 0.333. The third-order valence-electron chi connectivity index (χ3n) is 5.39. The molecule has 1 aliphatic heterocycles. The molecule has 0 bridgehead atoms. The maximum Gasteiger partial charge on any atom is 0.215 e. The quantitative estimate of drug-likeness (QED) is 0.661. The first kappa shape index (κ1) is 19.7. The molecule has 0 spiro atoms. The minimum absolute atomic E-state index is 0.166. The van der Waals surface area contributed by atoms with Gasteiger partial charge in [-0.25, -0.2) is 17.7 Å². The Balaban J connectivity index is 1.66. The molecule has 0 aliphatic carbocycles. The van der Waals surface area contributed by atoms with E-state index >= 15 is 0 Å². The fourth-order valence-corrected chi connectivity index (χ4v) is 4.63. The normalized spacial score (nSPS) is 16.2. The summed E-state index contributed by atoms with van der Waals surface area (Å²) in [5.41, 5.74) is 3.22. The molecule has 0 radical (unpaired) electrons. The monoisotopic (exact) mass is 414 g/mol. The van der Waals surface area contributed by atoms with Crippen LogP contribution >= 0.6 is 0 Å². The summed E-state index contributed by atoms with van der Waals surface area (Å²) in [7, 11) is -3.15. The number of sulfonamides is 1. The molecule has 152 valence electrons. The van der Waals surface area contributed by atoms with Gasteiger partial charge in [-0.05, 0) is 55.0 Å². The third-order valence-corrected chi connectivity index (χ3v) is 6.69. The molecule has 3 aromatic rings. The zero-order chi connectivity index (χ0) is 20.6. The van der Waals surface area contributed by atoms with E-state index in [-0.39, 0.29) is 6.04 Å². The summed E-state index contributed by atoms with van der Waals surface area (Å²) in [5, 5.41) is 5.59. The molecule has 8 heteroatoms. The number of pyridine rings is 2. The van der Waals surface area contributed by atoms with E-state index in [2.05, 4.69) is 15.3 Å². The number of hydrogen-bond donors (Lipinski definition) is 1. The number of halogens is 1. The van der Waals surface area contributed by atoms with Gasteiger partial charge in [0, 0.05) is 59.9 Å². The smallest absolute Gasteiger partial charge is 0.215 e. The number of anilines is 1. The van der Waals surface area contributed by atoms with Crippen molar-refractivity contribution < 1.29 is 12.8 Å². The van der Waals surface area contributed by atoms with Crippen LogP contribution in [0, 0.1) is 12.9 Å². The molecule has 4 rings (SSSR count). The molecule has 1 aliphatic rings. The molecule has 0 atom stereocenters. The van der Waals surface area contributed by atoms with Gasteiger partial charge in [-0.1, -0.05) is 0 Å². The average molecular weight is 415 g/mol. The predicted molar refractivity (Wildman–Crippen MR) is 113 cm³/mol. The molecule has 1 N–H and O–H groups in total. The summed E-state index contributed by atoms with van der Waals surface area (Å²) < 4.78 is 38.6. The molecule has 0 unspecified atom stereocenters. The van der Waals surface area contributed by atoms with E-state index < -0.39 is 16.0 Å². The highest BCUT2D eigenvalue weighted by atomic mass is 32.2. The zero-order valence-electron chi connectivity index (χ0n) is 16.4. The highest BCUT2D eigenvalue weighted by molar-refractivity contribution is 7.88. The van der Waals surface area contributed by atoms with Crippen molar-refractivity contribution in [3.63, 3.8) is 0 Å². The average Bonchev–Trinajstić information content (AvgIpc) is 2.70. The molecule has 29 heavy (non-hydrogen) atoms. The summed E-state index contributed by atoms with van der Waals surface area (Å²) in [6.45, 7) is 2.71. The van der Waals surface area contributed by atoms with Gasteiger partial charge in [0.1, 0.15) is 0 Å². The lowest BCUT2D eigenvalue weighted by Gasteiger charge is -2.31. The van der Waals surface area contributed by atoms with Crippen molar-refractivity contribution in [3.05, 3.63) is 54.4 Å². The van der Waals surface area contributed by atoms with Gasteiger partial charge < -0.3 is 5.32 Å². The molecule has 0 saturated carbocycles. The number of benzene rings is 1. The standard InChI is InChI=1S/C21H23FN4O2S/c1-14-9-17(12-24-21(14)22)16-10-15-3-6-23-13-19(15)20(11-16)25-18-4-7-26(8-5-18)29(2,27)28/h3,6,9-13,18,25H,4-5,7-8H2,1-2H3. The van der Waals surface area contributed by atoms with E-state index in [1.165, 1.54) is 10.6 Å². The number of rotatable bonds is 4. The predicted octanol–water partition coefficient (Wildman–Crippen LogP) is 3.58. The minimum Gasteiger partial charge on any atom is -0.382 e. The van der Waals surface area contributed by atoms with Crippen LogP contribution in [0.5, 0.6) is 0 Å². The third kappa shape index (κ3) is 4.23. The molecule has 3 heterocycles. The number of nitrogens with zero attached hydrogens (tertiary/aromatic N) is 3. The number of hydrogen-bond acceptors (Lipinski definition) is 5. The second-order valence-electron chi connectivity index (χ2n) is 7.53. The minimum atomic E-state index is -3.15. The van der Waals surface area contributed by atoms with Crippen LogP contribution in [0.3, 0.4) is 0 Å². The Kier molecular flexibility index (Phi) is 5.23. The summed E-state index contributed by atoms with van der Waals surface area (Å²) in [4.78, 5) is 8.10. The summed E-state index contributed by atoms with van der Waals surface area (Å²) >= 11 is 0. The van der Waals surface area contributed by atoms with Crippen molar-refractivity contribution in [2.45, 2.75) is 25.8 Å². The number of fused-ring (bicyclic) bond motifs is 1. The summed E-state index contributed by atoms with van der Waals surface area (Å²) in [6, 6.07) is 7.98. The lowest BCUT2D eigenvalue weighted by Crippen LogP contribution is -2.41. The number of aromatic nitrogens is 2. The molecule has 6 nitrogen and oxygen atoms in total. The van der Waals surface area contributed by atoms with E-state index in [4.69, 9.17) is 0 Å². The first-order valence-corrected chi connectivity index (χ1v) is 11.4. The van der Waals surface area contributed by atoms with Crippen LogP contribution in [-0.2, 0) is 10.0 Å². The van der Waals surface area contributed by atoms with Crippen LogP contribution in [0.15, 0.2) is 42.9 Å². The lowest BCUT2D eigenvalue weighted by molar-refractivity contribution is 0.332. The van der Waals surface area contributed by atoms with Gasteiger partial charge >= 0.3 is 0 Å². The zero-order valence-corrected chi connectivity index (χ0v) is 17.2. The van der Waals surface area contributed by atoms with Crippen LogP contribution in [0.4, 0.5) is 10.1 Å². The number of aryl methyl sites for hydroxylation is 1. The van der Waals surface area contributed by atoms with Gasteiger partial charge in [-0.3, -0.25) is 4.98 Å². The highest BCUT2D eigenvalue weighted by Crippen LogP contribution is 2.32. The van der Waals surface area contributed by atoms with Crippen LogP contribution in [0.2, 0.25) is 0 Å². The van der Waals surface area contributed by atoms with E-state index in [9.17, 15) is 12.8 Å². The van der Waals surface area contributed by atoms with Crippen molar-refractivity contribution in [3.8, 4) is 11.1 Å². The lowest BCUT2D eigenvalue weighted by atomic mass is 9.99. The number of nitrogens with one attached hydrogen (secondary N) is 1. The van der Waals surface area contributed by atoms with Crippen molar-refractivity contribution in [1.29, 1.82) is 0 Å². The second kappa shape index (κ2) is 7.68. The molecule has 1 aromatic carbocycles. The molecule has 2 aromatic heterocycles. The Morgan fingerprint density at radius 2 is 1.90 bits per heavy atom. The van der Waals surface area contributed by atoms with E-state index in [1.54, 1.807) is 25.4 Å². The largest absolute Gasteiger partial charge is 0.382 e. The van der Waals surface area contributed by atoms with E-state index in [1.807, 2.05) is 24.4 Å². The van der Waals surface area contributed by atoms with Gasteiger partial charge in [0.2, 0.25) is 16.0 Å². The van der Waals surface area contributed by atoms with Crippen molar-refractivity contribution in [2.24, 2.45) is 0 Å². The molecule has 0 amide bonds. The van der Waals surface area contributed by atoms with Gasteiger partial charge in [0.05, 0.1) is 6.26 Å². The molecule has 1 fully saturated rings.